The minimum atomic E-state index is 0.865. The van der Waals surface area contributed by atoms with E-state index in [1.165, 1.54) is 18.4 Å². The van der Waals surface area contributed by atoms with Crippen LogP contribution in [0.5, 0.6) is 0 Å². The van der Waals surface area contributed by atoms with Crippen molar-refractivity contribution in [3.63, 3.8) is 0 Å². The van der Waals surface area contributed by atoms with E-state index in [0.717, 1.165) is 31.4 Å². The van der Waals surface area contributed by atoms with Gasteiger partial charge in [-0.25, -0.2) is 0 Å². The van der Waals surface area contributed by atoms with Gasteiger partial charge in [0.15, 0.2) is 0 Å². The lowest BCUT2D eigenvalue weighted by Gasteiger charge is -2.04. The summed E-state index contributed by atoms with van der Waals surface area (Å²) in [5, 5.41) is 12.3. The summed E-state index contributed by atoms with van der Waals surface area (Å²) in [6, 6.07) is 10.3. The van der Waals surface area contributed by atoms with Gasteiger partial charge in [0.05, 0.1) is 5.71 Å². The van der Waals surface area contributed by atoms with Crippen molar-refractivity contribution in [1.82, 2.24) is 0 Å². The number of rotatable bonds is 7. The first-order chi connectivity index (χ1) is 7.86. The number of aryl methyl sites for hydroxylation is 1. The molecule has 2 heteroatoms. The van der Waals surface area contributed by atoms with Crippen molar-refractivity contribution in [2.24, 2.45) is 5.16 Å². The smallest absolute Gasteiger partial charge is 0.0574 e. The van der Waals surface area contributed by atoms with E-state index in [0.29, 0.717) is 0 Å². The number of hydrogen-bond donors (Lipinski definition) is 1. The summed E-state index contributed by atoms with van der Waals surface area (Å²) in [4.78, 5) is 0. The quantitative estimate of drug-likeness (QED) is 0.319. The number of unbranched alkanes of at least 4 members (excludes halogenated alkanes) is 2. The molecule has 0 aromatic heterocycles. The van der Waals surface area contributed by atoms with Crippen LogP contribution in [-0.2, 0) is 6.42 Å². The topological polar surface area (TPSA) is 32.6 Å². The molecule has 0 saturated carbocycles. The van der Waals surface area contributed by atoms with Crippen LogP contribution in [0, 0.1) is 0 Å². The lowest BCUT2D eigenvalue weighted by molar-refractivity contribution is 0.316. The molecule has 0 fully saturated rings. The molecule has 0 saturated heterocycles. The first kappa shape index (κ1) is 12.8. The van der Waals surface area contributed by atoms with E-state index in [1.54, 1.807) is 0 Å². The Morgan fingerprint density at radius 1 is 1.12 bits per heavy atom. The van der Waals surface area contributed by atoms with Gasteiger partial charge in [-0.2, -0.15) is 0 Å². The highest BCUT2D eigenvalue weighted by Crippen LogP contribution is 2.08. The summed E-state index contributed by atoms with van der Waals surface area (Å²) in [5.74, 6) is 0. The Morgan fingerprint density at radius 2 is 1.88 bits per heavy atom. The molecule has 0 unspecified atom stereocenters. The molecule has 0 amide bonds. The van der Waals surface area contributed by atoms with Crippen LogP contribution < -0.4 is 0 Å². The van der Waals surface area contributed by atoms with Crippen LogP contribution >= 0.6 is 0 Å². The van der Waals surface area contributed by atoms with Crippen LogP contribution in [0.3, 0.4) is 0 Å². The highest BCUT2D eigenvalue weighted by molar-refractivity contribution is 5.84. The van der Waals surface area contributed by atoms with Gasteiger partial charge < -0.3 is 5.21 Å². The Labute approximate surface area is 98.0 Å². The highest BCUT2D eigenvalue weighted by Gasteiger charge is 2.01. The number of hydrogen-bond acceptors (Lipinski definition) is 2. The normalized spacial score (nSPS) is 11.7. The van der Waals surface area contributed by atoms with Gasteiger partial charge in [0.1, 0.15) is 0 Å². The molecule has 1 aromatic carbocycles. The molecule has 2 nitrogen and oxygen atoms in total. The zero-order valence-electron chi connectivity index (χ0n) is 10.0. The van der Waals surface area contributed by atoms with Crippen LogP contribution in [0.1, 0.15) is 44.6 Å². The zero-order chi connectivity index (χ0) is 11.6. The predicted octanol–water partition coefficient (Wildman–Crippen LogP) is 4.03. The molecule has 1 rings (SSSR count). The monoisotopic (exact) mass is 219 g/mol. The summed E-state index contributed by atoms with van der Waals surface area (Å²) in [7, 11) is 0. The van der Waals surface area contributed by atoms with Crippen molar-refractivity contribution in [3.05, 3.63) is 35.9 Å². The van der Waals surface area contributed by atoms with Gasteiger partial charge in [-0.1, -0.05) is 55.3 Å². The Kier molecular flexibility index (Phi) is 6.31. The van der Waals surface area contributed by atoms with Crippen molar-refractivity contribution in [1.29, 1.82) is 0 Å². The second kappa shape index (κ2) is 7.91. The Bertz CT molecular complexity index is 306. The summed E-state index contributed by atoms with van der Waals surface area (Å²) < 4.78 is 0. The van der Waals surface area contributed by atoms with Crippen LogP contribution in [0.15, 0.2) is 35.5 Å². The maximum Gasteiger partial charge on any atom is 0.0574 e. The lowest BCUT2D eigenvalue weighted by atomic mass is 10.0. The molecule has 88 valence electrons. The average Bonchev–Trinajstić information content (AvgIpc) is 2.35. The fraction of sp³-hybridized carbons (Fsp3) is 0.500. The van der Waals surface area contributed by atoms with E-state index < -0.39 is 0 Å². The van der Waals surface area contributed by atoms with Gasteiger partial charge >= 0.3 is 0 Å². The van der Waals surface area contributed by atoms with Crippen LogP contribution in [-0.4, -0.2) is 10.9 Å². The predicted molar refractivity (Wildman–Crippen MR) is 68.1 cm³/mol. The van der Waals surface area contributed by atoms with Gasteiger partial charge in [0.2, 0.25) is 0 Å². The highest BCUT2D eigenvalue weighted by atomic mass is 16.4. The third kappa shape index (κ3) is 4.96. The second-order valence-electron chi connectivity index (χ2n) is 4.11. The summed E-state index contributed by atoms with van der Waals surface area (Å²) >= 11 is 0. The van der Waals surface area contributed by atoms with Gasteiger partial charge in [-0.05, 0) is 31.2 Å². The third-order valence-corrected chi connectivity index (χ3v) is 2.76. The number of benzene rings is 1. The molecule has 1 N–H and O–H groups in total. The lowest BCUT2D eigenvalue weighted by Crippen LogP contribution is -2.01. The van der Waals surface area contributed by atoms with Crippen molar-refractivity contribution in [2.45, 2.75) is 45.4 Å². The standard InChI is InChI=1S/C14H21NO/c1-2-3-5-10-14(15-16)12-11-13-8-6-4-7-9-13/h4,6-9,16H,2-3,5,10-12H2,1H3. The molecule has 16 heavy (non-hydrogen) atoms. The van der Waals surface area contributed by atoms with Crippen molar-refractivity contribution in [2.75, 3.05) is 0 Å². The molecular formula is C14H21NO. The average molecular weight is 219 g/mol. The van der Waals surface area contributed by atoms with Crippen LogP contribution in [0.25, 0.3) is 0 Å². The fourth-order valence-corrected chi connectivity index (χ4v) is 1.74. The SMILES string of the molecule is CCCCCC(CCc1ccccc1)=NO. The first-order valence-corrected chi connectivity index (χ1v) is 6.10. The van der Waals surface area contributed by atoms with E-state index in [-0.39, 0.29) is 0 Å². The number of nitrogens with zero attached hydrogens (tertiary/aromatic N) is 1. The van der Waals surface area contributed by atoms with Crippen LogP contribution in [0.2, 0.25) is 0 Å². The Hall–Kier alpha value is -1.31. The maximum atomic E-state index is 8.89. The van der Waals surface area contributed by atoms with Gasteiger partial charge in [0.25, 0.3) is 0 Å². The van der Waals surface area contributed by atoms with Gasteiger partial charge in [-0.15, -0.1) is 0 Å². The van der Waals surface area contributed by atoms with Gasteiger partial charge in [0, 0.05) is 0 Å². The molecule has 0 radical (unpaired) electrons. The third-order valence-electron chi connectivity index (χ3n) is 2.76. The molecule has 0 bridgehead atoms. The molecule has 0 aliphatic heterocycles. The molecule has 0 heterocycles. The fourth-order valence-electron chi connectivity index (χ4n) is 1.74. The van der Waals surface area contributed by atoms with E-state index in [9.17, 15) is 0 Å². The van der Waals surface area contributed by atoms with Crippen LogP contribution in [0.4, 0.5) is 0 Å². The molecule has 0 atom stereocenters. The summed E-state index contributed by atoms with van der Waals surface area (Å²) in [6.45, 7) is 2.18. The van der Waals surface area contributed by atoms with E-state index in [1.807, 2.05) is 18.2 Å². The van der Waals surface area contributed by atoms with Gasteiger partial charge in [-0.3, -0.25) is 0 Å². The molecule has 0 aliphatic carbocycles. The summed E-state index contributed by atoms with van der Waals surface area (Å²) in [6.07, 6.45) is 6.31. The second-order valence-corrected chi connectivity index (χ2v) is 4.11. The first-order valence-electron chi connectivity index (χ1n) is 6.10. The Balaban J connectivity index is 2.29. The molecule has 0 spiro atoms. The molecule has 0 aliphatic rings. The van der Waals surface area contributed by atoms with Crippen molar-refractivity contribution >= 4 is 5.71 Å². The van der Waals surface area contributed by atoms with E-state index >= 15 is 0 Å². The summed E-state index contributed by atoms with van der Waals surface area (Å²) in [5.41, 5.74) is 2.23. The van der Waals surface area contributed by atoms with E-state index in [2.05, 4.69) is 24.2 Å². The molecular weight excluding hydrogens is 198 g/mol. The van der Waals surface area contributed by atoms with Crippen molar-refractivity contribution in [3.8, 4) is 0 Å². The molecule has 1 aromatic rings. The van der Waals surface area contributed by atoms with E-state index in [4.69, 9.17) is 5.21 Å². The maximum absolute atomic E-state index is 8.89. The zero-order valence-corrected chi connectivity index (χ0v) is 10.0. The largest absolute Gasteiger partial charge is 0.411 e. The number of oxime groups is 1. The minimum Gasteiger partial charge on any atom is -0.411 e. The van der Waals surface area contributed by atoms with Crippen molar-refractivity contribution < 1.29 is 5.21 Å². The minimum absolute atomic E-state index is 0.865. The Morgan fingerprint density at radius 3 is 2.50 bits per heavy atom.